The summed E-state index contributed by atoms with van der Waals surface area (Å²) in [5.41, 5.74) is 1.98. The Balaban J connectivity index is 1.96. The van der Waals surface area contributed by atoms with Crippen molar-refractivity contribution in [3.05, 3.63) is 47.9 Å². The second-order valence-electron chi connectivity index (χ2n) is 4.09. The number of furan rings is 1. The molecule has 0 saturated heterocycles. The lowest BCUT2D eigenvalue weighted by atomic mass is 10.2. The zero-order valence-electron chi connectivity index (χ0n) is 10.9. The van der Waals surface area contributed by atoms with Crippen LogP contribution < -0.4 is 15.4 Å². The van der Waals surface area contributed by atoms with Gasteiger partial charge in [-0.05, 0) is 49.0 Å². The van der Waals surface area contributed by atoms with Crippen LogP contribution in [0.3, 0.4) is 0 Å². The van der Waals surface area contributed by atoms with Gasteiger partial charge in [-0.25, -0.2) is 0 Å². The fourth-order valence-electron chi connectivity index (χ4n) is 1.67. The summed E-state index contributed by atoms with van der Waals surface area (Å²) in [5.74, 6) is 1.59. The number of thiocarbonyl (C=S) groups is 1. The number of ether oxygens (including phenoxy) is 1. The first kappa shape index (κ1) is 13.4. The number of benzene rings is 1. The molecule has 0 saturated carbocycles. The van der Waals surface area contributed by atoms with Crippen LogP contribution in [0, 0.1) is 6.92 Å². The summed E-state index contributed by atoms with van der Waals surface area (Å²) in [6, 6.07) is 9.62. The van der Waals surface area contributed by atoms with Crippen LogP contribution in [0.2, 0.25) is 0 Å². The van der Waals surface area contributed by atoms with Crippen LogP contribution in [0.4, 0.5) is 5.69 Å². The molecule has 2 aromatic rings. The number of aryl methyl sites for hydroxylation is 1. The molecule has 19 heavy (non-hydrogen) atoms. The van der Waals surface area contributed by atoms with Crippen LogP contribution in [-0.4, -0.2) is 12.2 Å². The van der Waals surface area contributed by atoms with Gasteiger partial charge < -0.3 is 19.8 Å². The van der Waals surface area contributed by atoms with Crippen LogP contribution in [-0.2, 0) is 6.54 Å². The molecule has 0 aliphatic carbocycles. The Hall–Kier alpha value is -2.01. The molecule has 4 nitrogen and oxygen atoms in total. The Bertz CT molecular complexity index is 553. The van der Waals surface area contributed by atoms with Gasteiger partial charge in [0.15, 0.2) is 5.11 Å². The van der Waals surface area contributed by atoms with Crippen LogP contribution in [0.25, 0.3) is 0 Å². The van der Waals surface area contributed by atoms with Gasteiger partial charge in [-0.3, -0.25) is 0 Å². The highest BCUT2D eigenvalue weighted by Crippen LogP contribution is 2.24. The molecule has 100 valence electrons. The molecule has 0 fully saturated rings. The number of hydrogen-bond donors (Lipinski definition) is 2. The molecule has 0 unspecified atom stereocenters. The summed E-state index contributed by atoms with van der Waals surface area (Å²) in [7, 11) is 1.63. The molecule has 0 amide bonds. The molecular formula is C14H16N2O2S. The number of rotatable bonds is 4. The van der Waals surface area contributed by atoms with Gasteiger partial charge in [0.1, 0.15) is 11.5 Å². The molecule has 5 heteroatoms. The summed E-state index contributed by atoms with van der Waals surface area (Å²) in [4.78, 5) is 0. The average Bonchev–Trinajstić information content (AvgIpc) is 2.90. The van der Waals surface area contributed by atoms with E-state index in [0.717, 1.165) is 22.8 Å². The standard InChI is InChI=1S/C14H16N2O2S/c1-10-5-6-13(17-2)12(8-10)16-14(19)15-9-11-4-3-7-18-11/h3-8H,9H2,1-2H3,(H2,15,16,19). The zero-order valence-corrected chi connectivity index (χ0v) is 11.7. The third kappa shape index (κ3) is 3.72. The van der Waals surface area contributed by atoms with E-state index < -0.39 is 0 Å². The largest absolute Gasteiger partial charge is 0.495 e. The van der Waals surface area contributed by atoms with Gasteiger partial charge in [-0.2, -0.15) is 0 Å². The van der Waals surface area contributed by atoms with E-state index >= 15 is 0 Å². The van der Waals surface area contributed by atoms with Crippen molar-refractivity contribution in [1.29, 1.82) is 0 Å². The van der Waals surface area contributed by atoms with Crippen molar-refractivity contribution in [3.8, 4) is 5.75 Å². The lowest BCUT2D eigenvalue weighted by molar-refractivity contribution is 0.417. The SMILES string of the molecule is COc1ccc(C)cc1NC(=S)NCc1ccco1. The van der Waals surface area contributed by atoms with E-state index in [-0.39, 0.29) is 0 Å². The summed E-state index contributed by atoms with van der Waals surface area (Å²) in [6.07, 6.45) is 1.64. The van der Waals surface area contributed by atoms with Crippen LogP contribution in [0.1, 0.15) is 11.3 Å². The summed E-state index contributed by atoms with van der Waals surface area (Å²) in [6.45, 7) is 2.57. The number of anilines is 1. The highest BCUT2D eigenvalue weighted by Gasteiger charge is 2.05. The second-order valence-corrected chi connectivity index (χ2v) is 4.50. The molecular weight excluding hydrogens is 260 g/mol. The van der Waals surface area contributed by atoms with Crippen molar-refractivity contribution < 1.29 is 9.15 Å². The molecule has 2 N–H and O–H groups in total. The molecule has 0 aliphatic heterocycles. The van der Waals surface area contributed by atoms with E-state index in [1.165, 1.54) is 0 Å². The van der Waals surface area contributed by atoms with Crippen molar-refractivity contribution in [1.82, 2.24) is 5.32 Å². The highest BCUT2D eigenvalue weighted by atomic mass is 32.1. The number of nitrogens with one attached hydrogen (secondary N) is 2. The van der Waals surface area contributed by atoms with E-state index in [2.05, 4.69) is 10.6 Å². The topological polar surface area (TPSA) is 46.4 Å². The molecule has 1 aromatic carbocycles. The Morgan fingerprint density at radius 2 is 2.21 bits per heavy atom. The molecule has 0 radical (unpaired) electrons. The monoisotopic (exact) mass is 276 g/mol. The maximum Gasteiger partial charge on any atom is 0.171 e. The van der Waals surface area contributed by atoms with Crippen molar-refractivity contribution >= 4 is 23.0 Å². The lowest BCUT2D eigenvalue weighted by Crippen LogP contribution is -2.27. The first-order chi connectivity index (χ1) is 9.19. The van der Waals surface area contributed by atoms with Gasteiger partial charge in [0.05, 0.1) is 25.6 Å². The van der Waals surface area contributed by atoms with Crippen molar-refractivity contribution in [2.75, 3.05) is 12.4 Å². The van der Waals surface area contributed by atoms with E-state index in [1.54, 1.807) is 13.4 Å². The van der Waals surface area contributed by atoms with Crippen molar-refractivity contribution in [2.24, 2.45) is 0 Å². The Morgan fingerprint density at radius 3 is 2.89 bits per heavy atom. The predicted octanol–water partition coefficient (Wildman–Crippen LogP) is 3.08. The zero-order chi connectivity index (χ0) is 13.7. The first-order valence-corrected chi connectivity index (χ1v) is 6.32. The van der Waals surface area contributed by atoms with E-state index in [1.807, 2.05) is 37.3 Å². The highest BCUT2D eigenvalue weighted by molar-refractivity contribution is 7.80. The van der Waals surface area contributed by atoms with E-state index in [0.29, 0.717) is 11.7 Å². The van der Waals surface area contributed by atoms with Crippen molar-refractivity contribution in [2.45, 2.75) is 13.5 Å². The van der Waals surface area contributed by atoms with Gasteiger partial charge in [-0.1, -0.05) is 6.07 Å². The summed E-state index contributed by atoms with van der Waals surface area (Å²) >= 11 is 5.24. The maximum atomic E-state index is 5.28. The number of hydrogen-bond acceptors (Lipinski definition) is 3. The summed E-state index contributed by atoms with van der Waals surface area (Å²) in [5, 5.41) is 6.72. The van der Waals surface area contributed by atoms with Crippen molar-refractivity contribution in [3.63, 3.8) is 0 Å². The summed E-state index contributed by atoms with van der Waals surface area (Å²) < 4.78 is 10.5. The third-order valence-electron chi connectivity index (χ3n) is 2.61. The average molecular weight is 276 g/mol. The van der Waals surface area contributed by atoms with E-state index in [4.69, 9.17) is 21.4 Å². The van der Waals surface area contributed by atoms with Gasteiger partial charge in [0.25, 0.3) is 0 Å². The molecule has 0 atom stereocenters. The quantitative estimate of drug-likeness (QED) is 0.840. The maximum absolute atomic E-state index is 5.28. The Morgan fingerprint density at radius 1 is 1.37 bits per heavy atom. The first-order valence-electron chi connectivity index (χ1n) is 5.91. The lowest BCUT2D eigenvalue weighted by Gasteiger charge is -2.13. The fraction of sp³-hybridized carbons (Fsp3) is 0.214. The van der Waals surface area contributed by atoms with Crippen LogP contribution in [0.15, 0.2) is 41.0 Å². The predicted molar refractivity (Wildman–Crippen MR) is 79.5 cm³/mol. The number of methoxy groups -OCH3 is 1. The minimum absolute atomic E-state index is 0.528. The fourth-order valence-corrected chi connectivity index (χ4v) is 1.85. The van der Waals surface area contributed by atoms with Crippen LogP contribution in [0.5, 0.6) is 5.75 Å². The minimum Gasteiger partial charge on any atom is -0.495 e. The Labute approximate surface area is 117 Å². The van der Waals surface area contributed by atoms with Gasteiger partial charge in [0.2, 0.25) is 0 Å². The molecule has 1 aromatic heterocycles. The minimum atomic E-state index is 0.528. The van der Waals surface area contributed by atoms with Gasteiger partial charge in [0, 0.05) is 0 Å². The van der Waals surface area contributed by atoms with Gasteiger partial charge in [-0.15, -0.1) is 0 Å². The van der Waals surface area contributed by atoms with E-state index in [9.17, 15) is 0 Å². The smallest absolute Gasteiger partial charge is 0.171 e. The van der Waals surface area contributed by atoms with Gasteiger partial charge >= 0.3 is 0 Å². The third-order valence-corrected chi connectivity index (χ3v) is 2.85. The second kappa shape index (κ2) is 6.24. The molecule has 2 rings (SSSR count). The molecule has 1 heterocycles. The Kier molecular flexibility index (Phi) is 4.41. The molecule has 0 bridgehead atoms. The molecule has 0 aliphatic rings. The molecule has 0 spiro atoms. The normalized spacial score (nSPS) is 10.0. The van der Waals surface area contributed by atoms with Crippen LogP contribution >= 0.6 is 12.2 Å².